The van der Waals surface area contributed by atoms with E-state index in [9.17, 15) is 14.9 Å². The van der Waals surface area contributed by atoms with Gasteiger partial charge in [-0.15, -0.1) is 11.3 Å². The number of esters is 1. The van der Waals surface area contributed by atoms with Gasteiger partial charge >= 0.3 is 5.97 Å². The summed E-state index contributed by atoms with van der Waals surface area (Å²) in [5, 5.41) is 13.6. The number of para-hydroxylation sites is 1. The molecule has 4 rings (SSSR count). The van der Waals surface area contributed by atoms with E-state index in [1.807, 2.05) is 50.2 Å². The Bertz CT molecular complexity index is 1510. The van der Waals surface area contributed by atoms with E-state index in [0.717, 1.165) is 28.0 Å². The van der Waals surface area contributed by atoms with Crippen LogP contribution in [0.25, 0.3) is 22.2 Å². The molecular weight excluding hydrogens is 458 g/mol. The minimum Gasteiger partial charge on any atom is -0.459 e. The van der Waals surface area contributed by atoms with Crippen molar-refractivity contribution < 1.29 is 14.3 Å². The number of thiophene rings is 1. The lowest BCUT2D eigenvalue weighted by Crippen LogP contribution is -2.13. The zero-order valence-corrected chi connectivity index (χ0v) is 21.0. The van der Waals surface area contributed by atoms with Crippen LogP contribution in [0.15, 0.2) is 48.5 Å². The number of ether oxygens (including phenoxy) is 1. The number of carbonyl (C=O) groups excluding carboxylic acids is 2. The first-order valence-electron chi connectivity index (χ1n) is 11.2. The minimum atomic E-state index is -0.508. The molecule has 0 fully saturated rings. The molecule has 35 heavy (non-hydrogen) atoms. The topological polar surface area (TPSA) is 92.1 Å². The molecule has 0 unspecified atom stereocenters. The fourth-order valence-corrected chi connectivity index (χ4v) is 5.01. The standard InChI is InChI=1S/C28H25N3O3S/c1-15(2)34-28(33)25-18(5)22(14-29)27(35-25)31-26(32)21-13-24(19-11-10-16(3)12-17(19)4)30-23-9-7-6-8-20(21)23/h6-13,15H,1-5H3,(H,31,32). The summed E-state index contributed by atoms with van der Waals surface area (Å²) in [5.74, 6) is -0.887. The van der Waals surface area contributed by atoms with Crippen LogP contribution < -0.4 is 5.32 Å². The molecule has 1 N–H and O–H groups in total. The third kappa shape index (κ3) is 4.79. The maximum atomic E-state index is 13.5. The van der Waals surface area contributed by atoms with Gasteiger partial charge in [-0.3, -0.25) is 4.79 Å². The van der Waals surface area contributed by atoms with E-state index in [1.165, 1.54) is 0 Å². The average molecular weight is 484 g/mol. The Kier molecular flexibility index (Phi) is 6.68. The smallest absolute Gasteiger partial charge is 0.348 e. The van der Waals surface area contributed by atoms with Crippen LogP contribution in [0.5, 0.6) is 0 Å². The van der Waals surface area contributed by atoms with E-state index in [-0.39, 0.29) is 17.6 Å². The van der Waals surface area contributed by atoms with Crippen LogP contribution in [-0.2, 0) is 4.74 Å². The normalized spacial score (nSPS) is 10.9. The highest BCUT2D eigenvalue weighted by Gasteiger charge is 2.24. The number of nitrogens with one attached hydrogen (secondary N) is 1. The van der Waals surface area contributed by atoms with Gasteiger partial charge in [0.05, 0.1) is 28.4 Å². The van der Waals surface area contributed by atoms with E-state index >= 15 is 0 Å². The van der Waals surface area contributed by atoms with Gasteiger partial charge in [0.2, 0.25) is 0 Å². The Morgan fingerprint density at radius 2 is 1.83 bits per heavy atom. The van der Waals surface area contributed by atoms with Gasteiger partial charge in [-0.1, -0.05) is 42.0 Å². The van der Waals surface area contributed by atoms with Crippen molar-refractivity contribution in [3.8, 4) is 17.3 Å². The molecule has 2 aromatic heterocycles. The summed E-state index contributed by atoms with van der Waals surface area (Å²) in [7, 11) is 0. The summed E-state index contributed by atoms with van der Waals surface area (Å²) in [5.41, 5.74) is 5.73. The number of hydrogen-bond donors (Lipinski definition) is 1. The van der Waals surface area contributed by atoms with Crippen molar-refractivity contribution in [3.05, 3.63) is 81.2 Å². The van der Waals surface area contributed by atoms with Gasteiger partial charge in [0.15, 0.2) is 0 Å². The molecule has 7 heteroatoms. The Morgan fingerprint density at radius 3 is 2.51 bits per heavy atom. The van der Waals surface area contributed by atoms with Crippen LogP contribution in [-0.4, -0.2) is 23.0 Å². The predicted molar refractivity (Wildman–Crippen MR) is 139 cm³/mol. The number of rotatable bonds is 5. The highest BCUT2D eigenvalue weighted by molar-refractivity contribution is 7.18. The van der Waals surface area contributed by atoms with Crippen LogP contribution in [0.4, 0.5) is 5.00 Å². The first kappa shape index (κ1) is 24.1. The number of hydrogen-bond acceptors (Lipinski definition) is 6. The van der Waals surface area contributed by atoms with Crippen molar-refractivity contribution in [2.45, 2.75) is 40.7 Å². The number of anilines is 1. The Morgan fingerprint density at radius 1 is 1.09 bits per heavy atom. The van der Waals surface area contributed by atoms with Crippen LogP contribution in [0.1, 0.15) is 56.1 Å². The molecule has 0 aliphatic carbocycles. The second-order valence-electron chi connectivity index (χ2n) is 8.67. The van der Waals surface area contributed by atoms with Gasteiger partial charge in [0, 0.05) is 10.9 Å². The quantitative estimate of drug-likeness (QED) is 0.324. The lowest BCUT2D eigenvalue weighted by molar-refractivity contribution is 0.0383. The first-order chi connectivity index (χ1) is 16.7. The van der Waals surface area contributed by atoms with Crippen molar-refractivity contribution in [3.63, 3.8) is 0 Å². The van der Waals surface area contributed by atoms with Crippen LogP contribution in [0.3, 0.4) is 0 Å². The van der Waals surface area contributed by atoms with Crippen molar-refractivity contribution >= 4 is 39.1 Å². The third-order valence-electron chi connectivity index (χ3n) is 5.63. The van der Waals surface area contributed by atoms with E-state index in [0.29, 0.717) is 37.6 Å². The summed E-state index contributed by atoms with van der Waals surface area (Å²) < 4.78 is 5.30. The van der Waals surface area contributed by atoms with Gasteiger partial charge < -0.3 is 10.1 Å². The monoisotopic (exact) mass is 483 g/mol. The molecule has 0 radical (unpaired) electrons. The fourth-order valence-electron chi connectivity index (χ4n) is 3.97. The largest absolute Gasteiger partial charge is 0.459 e. The second-order valence-corrected chi connectivity index (χ2v) is 9.69. The second kappa shape index (κ2) is 9.69. The lowest BCUT2D eigenvalue weighted by atomic mass is 9.99. The molecule has 4 aromatic rings. The predicted octanol–water partition coefficient (Wildman–Crippen LogP) is 6.58. The highest BCUT2D eigenvalue weighted by Crippen LogP contribution is 2.34. The van der Waals surface area contributed by atoms with E-state index < -0.39 is 5.97 Å². The number of aryl methyl sites for hydroxylation is 2. The van der Waals surface area contributed by atoms with Crippen LogP contribution in [0, 0.1) is 32.1 Å². The molecule has 0 saturated heterocycles. The molecule has 6 nitrogen and oxygen atoms in total. The molecule has 1 amide bonds. The number of fused-ring (bicyclic) bond motifs is 1. The van der Waals surface area contributed by atoms with Gasteiger partial charge in [0.1, 0.15) is 15.9 Å². The summed E-state index contributed by atoms with van der Waals surface area (Å²) in [6.07, 6.45) is -0.292. The molecule has 176 valence electrons. The van der Waals surface area contributed by atoms with Crippen LogP contribution in [0.2, 0.25) is 0 Å². The number of pyridine rings is 1. The number of nitrogens with zero attached hydrogens (tertiary/aromatic N) is 2. The zero-order chi connectivity index (χ0) is 25.3. The summed E-state index contributed by atoms with van der Waals surface area (Å²) in [6, 6.07) is 17.4. The fraction of sp³-hybridized carbons (Fsp3) is 0.214. The Hall–Kier alpha value is -4.02. The first-order valence-corrected chi connectivity index (χ1v) is 12.0. The van der Waals surface area contributed by atoms with Crippen LogP contribution >= 0.6 is 11.3 Å². The van der Waals surface area contributed by atoms with Gasteiger partial charge in [-0.05, 0) is 57.9 Å². The maximum Gasteiger partial charge on any atom is 0.348 e. The molecule has 2 aromatic carbocycles. The SMILES string of the molecule is Cc1ccc(-c2cc(C(=O)Nc3sc(C(=O)OC(C)C)c(C)c3C#N)c3ccccc3n2)c(C)c1. The Balaban J connectivity index is 1.78. The average Bonchev–Trinajstić information content (AvgIpc) is 3.12. The molecule has 0 spiro atoms. The van der Waals surface area contributed by atoms with Crippen molar-refractivity contribution in [1.82, 2.24) is 4.98 Å². The van der Waals surface area contributed by atoms with E-state index in [1.54, 1.807) is 26.8 Å². The highest BCUT2D eigenvalue weighted by atomic mass is 32.1. The number of nitriles is 1. The minimum absolute atomic E-state index is 0.257. The summed E-state index contributed by atoms with van der Waals surface area (Å²) in [6.45, 7) is 9.25. The molecule has 0 aliphatic rings. The number of amides is 1. The van der Waals surface area contributed by atoms with Gasteiger partial charge in [-0.25, -0.2) is 9.78 Å². The summed E-state index contributed by atoms with van der Waals surface area (Å²) >= 11 is 1.05. The molecule has 2 heterocycles. The Labute approximate surface area is 208 Å². The van der Waals surface area contributed by atoms with Gasteiger partial charge in [-0.2, -0.15) is 5.26 Å². The molecule has 0 bridgehead atoms. The summed E-state index contributed by atoms with van der Waals surface area (Å²) in [4.78, 5) is 31.1. The lowest BCUT2D eigenvalue weighted by Gasteiger charge is -2.12. The molecule has 0 saturated carbocycles. The zero-order valence-electron chi connectivity index (χ0n) is 20.2. The van der Waals surface area contributed by atoms with Crippen molar-refractivity contribution in [2.24, 2.45) is 0 Å². The van der Waals surface area contributed by atoms with Crippen molar-refractivity contribution in [1.29, 1.82) is 5.26 Å². The molecule has 0 aliphatic heterocycles. The van der Waals surface area contributed by atoms with Gasteiger partial charge in [0.25, 0.3) is 5.91 Å². The number of aromatic nitrogens is 1. The molecular formula is C28H25N3O3S. The third-order valence-corrected chi connectivity index (χ3v) is 6.82. The van der Waals surface area contributed by atoms with E-state index in [4.69, 9.17) is 9.72 Å². The number of carbonyl (C=O) groups is 2. The maximum absolute atomic E-state index is 13.5. The number of benzene rings is 2. The van der Waals surface area contributed by atoms with E-state index in [2.05, 4.69) is 17.5 Å². The molecule has 0 atom stereocenters. The van der Waals surface area contributed by atoms with Crippen molar-refractivity contribution in [2.75, 3.05) is 5.32 Å².